The number of hydrogen-bond donors (Lipinski definition) is 1. The Labute approximate surface area is 130 Å². The normalized spacial score (nSPS) is 11.6. The van der Waals surface area contributed by atoms with Gasteiger partial charge in [-0.1, -0.05) is 0 Å². The number of nitrogens with zero attached hydrogens (tertiary/aromatic N) is 1. The molecule has 0 amide bonds. The van der Waals surface area contributed by atoms with Crippen LogP contribution in [-0.4, -0.2) is 22.1 Å². The number of carboxylic acids is 1. The lowest BCUT2D eigenvalue weighted by molar-refractivity contribution is -0.385. The summed E-state index contributed by atoms with van der Waals surface area (Å²) in [5.41, 5.74) is -0.374. The Hall–Kier alpha value is -3.16. The van der Waals surface area contributed by atoms with E-state index in [0.717, 1.165) is 18.2 Å². The monoisotopic (exact) mass is 321 g/mol. The van der Waals surface area contributed by atoms with Crippen LogP contribution < -0.4 is 9.47 Å². The van der Waals surface area contributed by atoms with E-state index in [2.05, 4.69) is 0 Å². The molecule has 7 nitrogen and oxygen atoms in total. The van der Waals surface area contributed by atoms with Crippen molar-refractivity contribution in [1.82, 2.24) is 0 Å². The summed E-state index contributed by atoms with van der Waals surface area (Å²) in [4.78, 5) is 20.5. The van der Waals surface area contributed by atoms with Gasteiger partial charge in [-0.2, -0.15) is 0 Å². The van der Waals surface area contributed by atoms with Crippen LogP contribution in [0, 0.1) is 15.9 Å². The third-order valence-electron chi connectivity index (χ3n) is 2.84. The van der Waals surface area contributed by atoms with Crippen LogP contribution in [0.1, 0.15) is 6.92 Å². The van der Waals surface area contributed by atoms with Gasteiger partial charge >= 0.3 is 5.97 Å². The molecule has 23 heavy (non-hydrogen) atoms. The van der Waals surface area contributed by atoms with Gasteiger partial charge in [0.2, 0.25) is 0 Å². The van der Waals surface area contributed by atoms with Crippen molar-refractivity contribution in [1.29, 1.82) is 0 Å². The molecule has 0 aliphatic rings. The molecule has 0 radical (unpaired) electrons. The van der Waals surface area contributed by atoms with Crippen LogP contribution in [0.25, 0.3) is 0 Å². The fourth-order valence-corrected chi connectivity index (χ4v) is 1.65. The van der Waals surface area contributed by atoms with Crippen molar-refractivity contribution < 1.29 is 28.7 Å². The number of benzene rings is 2. The fraction of sp³-hybridized carbons (Fsp3) is 0.133. The number of rotatable bonds is 6. The molecule has 2 aromatic carbocycles. The summed E-state index contributed by atoms with van der Waals surface area (Å²) in [6.07, 6.45) is -1.01. The van der Waals surface area contributed by atoms with E-state index in [0.29, 0.717) is 5.75 Å². The Morgan fingerprint density at radius 3 is 2.35 bits per heavy atom. The van der Waals surface area contributed by atoms with Crippen molar-refractivity contribution in [2.24, 2.45) is 0 Å². The number of non-ortho nitro benzene ring substituents is 1. The minimum Gasteiger partial charge on any atom is -0.479 e. The van der Waals surface area contributed by atoms with Gasteiger partial charge in [0.05, 0.1) is 11.0 Å². The average molecular weight is 321 g/mol. The van der Waals surface area contributed by atoms with E-state index in [4.69, 9.17) is 14.6 Å². The third-order valence-corrected chi connectivity index (χ3v) is 2.84. The van der Waals surface area contributed by atoms with Gasteiger partial charge in [-0.15, -0.1) is 0 Å². The SMILES string of the molecule is CC(Oc1ccc(Oc2ccc([N+](=O)[O-])cc2F)cc1)C(=O)O. The molecule has 0 saturated carbocycles. The largest absolute Gasteiger partial charge is 0.479 e. The van der Waals surface area contributed by atoms with Crippen LogP contribution in [0.15, 0.2) is 42.5 Å². The summed E-state index contributed by atoms with van der Waals surface area (Å²) in [7, 11) is 0. The minimum absolute atomic E-state index is 0.164. The van der Waals surface area contributed by atoms with Crippen molar-refractivity contribution in [3.63, 3.8) is 0 Å². The molecule has 0 bridgehead atoms. The van der Waals surface area contributed by atoms with Crippen molar-refractivity contribution in [2.75, 3.05) is 0 Å². The molecule has 0 heterocycles. The van der Waals surface area contributed by atoms with E-state index in [1.165, 1.54) is 31.2 Å². The number of halogens is 1. The smallest absolute Gasteiger partial charge is 0.344 e. The number of ether oxygens (including phenoxy) is 2. The molecule has 0 aromatic heterocycles. The number of nitro groups is 1. The van der Waals surface area contributed by atoms with Crippen molar-refractivity contribution in [2.45, 2.75) is 13.0 Å². The van der Waals surface area contributed by atoms with E-state index >= 15 is 0 Å². The van der Waals surface area contributed by atoms with Crippen LogP contribution in [0.3, 0.4) is 0 Å². The third kappa shape index (κ3) is 4.16. The second-order valence-electron chi connectivity index (χ2n) is 4.54. The molecular weight excluding hydrogens is 309 g/mol. The summed E-state index contributed by atoms with van der Waals surface area (Å²) in [6.45, 7) is 1.39. The highest BCUT2D eigenvalue weighted by Gasteiger charge is 2.14. The van der Waals surface area contributed by atoms with Crippen LogP contribution in [-0.2, 0) is 4.79 Å². The highest BCUT2D eigenvalue weighted by molar-refractivity contribution is 5.72. The highest BCUT2D eigenvalue weighted by Crippen LogP contribution is 2.28. The molecule has 0 aliphatic heterocycles. The molecule has 1 N–H and O–H groups in total. The molecule has 0 saturated heterocycles. The van der Waals surface area contributed by atoms with Gasteiger partial charge in [-0.3, -0.25) is 10.1 Å². The zero-order valence-corrected chi connectivity index (χ0v) is 11.9. The molecule has 120 valence electrons. The predicted octanol–water partition coefficient (Wildman–Crippen LogP) is 3.38. The lowest BCUT2D eigenvalue weighted by atomic mass is 10.3. The Morgan fingerprint density at radius 2 is 1.83 bits per heavy atom. The van der Waals surface area contributed by atoms with Crippen molar-refractivity contribution in [3.05, 3.63) is 58.4 Å². The second-order valence-corrected chi connectivity index (χ2v) is 4.54. The Morgan fingerprint density at radius 1 is 1.22 bits per heavy atom. The molecule has 2 rings (SSSR count). The summed E-state index contributed by atoms with van der Waals surface area (Å²) < 4.78 is 24.1. The summed E-state index contributed by atoms with van der Waals surface area (Å²) in [5.74, 6) is -1.54. The first kappa shape index (κ1) is 16.2. The second kappa shape index (κ2) is 6.73. The first-order valence-electron chi connectivity index (χ1n) is 6.48. The van der Waals surface area contributed by atoms with E-state index < -0.39 is 22.8 Å². The standard InChI is InChI=1S/C15H12FNO6/c1-9(15(18)19)22-11-3-5-12(6-4-11)23-14-7-2-10(17(20)21)8-13(14)16/h2-9H,1H3,(H,18,19). The molecule has 8 heteroatoms. The minimum atomic E-state index is -1.10. The molecule has 1 atom stereocenters. The zero-order valence-electron chi connectivity index (χ0n) is 11.9. The number of hydrogen-bond acceptors (Lipinski definition) is 5. The van der Waals surface area contributed by atoms with E-state index in [1.54, 1.807) is 0 Å². The molecule has 0 spiro atoms. The summed E-state index contributed by atoms with van der Waals surface area (Å²) >= 11 is 0. The average Bonchev–Trinajstić information content (AvgIpc) is 2.50. The van der Waals surface area contributed by atoms with Crippen molar-refractivity contribution >= 4 is 11.7 Å². The Bertz CT molecular complexity index is 731. The maximum Gasteiger partial charge on any atom is 0.344 e. The zero-order chi connectivity index (χ0) is 17.0. The van der Waals surface area contributed by atoms with Gasteiger partial charge in [-0.25, -0.2) is 9.18 Å². The molecule has 2 aromatic rings. The first-order chi connectivity index (χ1) is 10.9. The number of carbonyl (C=O) groups is 1. The lowest BCUT2D eigenvalue weighted by Crippen LogP contribution is -2.22. The van der Waals surface area contributed by atoms with Crippen LogP contribution >= 0.6 is 0 Å². The van der Waals surface area contributed by atoms with Gasteiger partial charge in [0.25, 0.3) is 5.69 Å². The number of carboxylic acid groups (broad SMARTS) is 1. The van der Waals surface area contributed by atoms with Crippen LogP contribution in [0.4, 0.5) is 10.1 Å². The Kier molecular flexibility index (Phi) is 4.75. The first-order valence-corrected chi connectivity index (χ1v) is 6.48. The van der Waals surface area contributed by atoms with Crippen LogP contribution in [0.5, 0.6) is 17.2 Å². The highest BCUT2D eigenvalue weighted by atomic mass is 19.1. The predicted molar refractivity (Wildman–Crippen MR) is 77.3 cm³/mol. The summed E-state index contributed by atoms with van der Waals surface area (Å²) in [6, 6.07) is 8.92. The fourth-order valence-electron chi connectivity index (χ4n) is 1.65. The van der Waals surface area contributed by atoms with Gasteiger partial charge < -0.3 is 14.6 Å². The van der Waals surface area contributed by atoms with Gasteiger partial charge in [0.1, 0.15) is 11.5 Å². The molecule has 0 fully saturated rings. The summed E-state index contributed by atoms with van der Waals surface area (Å²) in [5, 5.41) is 19.3. The van der Waals surface area contributed by atoms with Gasteiger partial charge in [0, 0.05) is 6.07 Å². The quantitative estimate of drug-likeness (QED) is 0.647. The number of nitro benzene ring substituents is 1. The van der Waals surface area contributed by atoms with Gasteiger partial charge in [0.15, 0.2) is 17.7 Å². The number of aliphatic carboxylic acids is 1. The van der Waals surface area contributed by atoms with Crippen molar-refractivity contribution in [3.8, 4) is 17.2 Å². The van der Waals surface area contributed by atoms with Gasteiger partial charge in [-0.05, 0) is 37.3 Å². The maximum absolute atomic E-state index is 13.7. The lowest BCUT2D eigenvalue weighted by Gasteiger charge is -2.11. The Balaban J connectivity index is 2.09. The van der Waals surface area contributed by atoms with E-state index in [-0.39, 0.29) is 17.2 Å². The van der Waals surface area contributed by atoms with E-state index in [9.17, 15) is 19.3 Å². The maximum atomic E-state index is 13.7. The molecule has 0 aliphatic carbocycles. The van der Waals surface area contributed by atoms with E-state index in [1.807, 2.05) is 0 Å². The topological polar surface area (TPSA) is 98.9 Å². The molecule has 1 unspecified atom stereocenters. The van der Waals surface area contributed by atoms with Crippen LogP contribution in [0.2, 0.25) is 0 Å². The molecular formula is C15H12FNO6.